The monoisotopic (exact) mass is 197 g/mol. The third-order valence-electron chi connectivity index (χ3n) is 3.75. The van der Waals surface area contributed by atoms with Crippen LogP contribution in [0.25, 0.3) is 0 Å². The molecule has 0 radical (unpaired) electrons. The number of hydrogen-bond acceptors (Lipinski definition) is 3. The van der Waals surface area contributed by atoms with E-state index in [2.05, 4.69) is 0 Å². The Balaban J connectivity index is 2.10. The molecular formula is C11H19NO2. The summed E-state index contributed by atoms with van der Waals surface area (Å²) in [5, 5.41) is 0. The Morgan fingerprint density at radius 1 is 1.50 bits per heavy atom. The van der Waals surface area contributed by atoms with Crippen molar-refractivity contribution in [2.45, 2.75) is 50.7 Å². The number of carbonyl (C=O) groups excluding carboxylic acids is 1. The van der Waals surface area contributed by atoms with Crippen LogP contribution in [0.3, 0.4) is 0 Å². The summed E-state index contributed by atoms with van der Waals surface area (Å²) < 4.78 is 5.17. The second kappa shape index (κ2) is 3.04. The molecule has 1 aliphatic carbocycles. The van der Waals surface area contributed by atoms with E-state index in [0.717, 1.165) is 12.8 Å². The van der Waals surface area contributed by atoms with Gasteiger partial charge in [0.1, 0.15) is 5.60 Å². The summed E-state index contributed by atoms with van der Waals surface area (Å²) in [6.07, 6.45) is 4.61. The highest BCUT2D eigenvalue weighted by molar-refractivity contribution is 5.97. The van der Waals surface area contributed by atoms with Crippen LogP contribution in [-0.2, 0) is 9.53 Å². The van der Waals surface area contributed by atoms with Crippen molar-refractivity contribution < 1.29 is 9.53 Å². The second-order valence-corrected chi connectivity index (χ2v) is 5.11. The summed E-state index contributed by atoms with van der Waals surface area (Å²) >= 11 is 0. The van der Waals surface area contributed by atoms with Crippen molar-refractivity contribution in [2.75, 3.05) is 6.61 Å². The van der Waals surface area contributed by atoms with Gasteiger partial charge in [-0.05, 0) is 32.6 Å². The first kappa shape index (κ1) is 10.1. The van der Waals surface area contributed by atoms with Crippen LogP contribution in [0.15, 0.2) is 0 Å². The van der Waals surface area contributed by atoms with Crippen LogP contribution in [0.4, 0.5) is 0 Å². The van der Waals surface area contributed by atoms with Gasteiger partial charge in [0.05, 0.1) is 12.1 Å². The molecule has 0 bridgehead atoms. The van der Waals surface area contributed by atoms with Gasteiger partial charge in [0.2, 0.25) is 0 Å². The molecular weight excluding hydrogens is 178 g/mol. The quantitative estimate of drug-likeness (QED) is 0.693. The average Bonchev–Trinajstić information content (AvgIpc) is 2.72. The lowest BCUT2D eigenvalue weighted by atomic mass is 9.77. The fraction of sp³-hybridized carbons (Fsp3) is 0.909. The largest absolute Gasteiger partial charge is 0.362 e. The van der Waals surface area contributed by atoms with Crippen molar-refractivity contribution in [1.29, 1.82) is 0 Å². The first-order chi connectivity index (χ1) is 6.47. The van der Waals surface area contributed by atoms with Gasteiger partial charge in [-0.2, -0.15) is 0 Å². The highest BCUT2D eigenvalue weighted by Gasteiger charge is 2.55. The summed E-state index contributed by atoms with van der Waals surface area (Å²) in [7, 11) is 0. The van der Waals surface area contributed by atoms with E-state index >= 15 is 0 Å². The van der Waals surface area contributed by atoms with Crippen LogP contribution < -0.4 is 5.73 Å². The molecule has 0 unspecified atom stereocenters. The summed E-state index contributed by atoms with van der Waals surface area (Å²) in [5.74, 6) is 0.452. The first-order valence-corrected chi connectivity index (χ1v) is 5.44. The van der Waals surface area contributed by atoms with E-state index in [1.165, 1.54) is 12.8 Å². The number of rotatable bonds is 3. The molecule has 0 aromatic heterocycles. The summed E-state index contributed by atoms with van der Waals surface area (Å²) in [6, 6.07) is 0. The number of Topliss-reactive ketones (excluding diaryl/α,β-unsaturated/α-hetero) is 1. The highest BCUT2D eigenvalue weighted by Crippen LogP contribution is 2.39. The molecule has 1 saturated heterocycles. The van der Waals surface area contributed by atoms with Gasteiger partial charge in [0.15, 0.2) is 5.78 Å². The minimum atomic E-state index is -0.679. The molecule has 1 aliphatic heterocycles. The van der Waals surface area contributed by atoms with Crippen molar-refractivity contribution in [3.8, 4) is 0 Å². The van der Waals surface area contributed by atoms with Crippen LogP contribution in [0.1, 0.15) is 39.5 Å². The van der Waals surface area contributed by atoms with E-state index in [4.69, 9.17) is 10.5 Å². The maximum absolute atomic E-state index is 12.1. The Morgan fingerprint density at radius 2 is 2.00 bits per heavy atom. The zero-order valence-corrected chi connectivity index (χ0v) is 9.01. The maximum atomic E-state index is 12.1. The molecule has 2 N–H and O–H groups in total. The van der Waals surface area contributed by atoms with Crippen LogP contribution in [0.2, 0.25) is 0 Å². The first-order valence-electron chi connectivity index (χ1n) is 5.44. The van der Waals surface area contributed by atoms with E-state index in [-0.39, 0.29) is 5.78 Å². The Bertz CT molecular complexity index is 250. The molecule has 2 fully saturated rings. The maximum Gasteiger partial charge on any atom is 0.186 e. The number of nitrogens with two attached hydrogens (primary N) is 1. The minimum absolute atomic E-state index is 0.0944. The van der Waals surface area contributed by atoms with E-state index in [1.807, 2.05) is 13.8 Å². The van der Waals surface area contributed by atoms with E-state index < -0.39 is 11.1 Å². The van der Waals surface area contributed by atoms with Gasteiger partial charge in [0, 0.05) is 0 Å². The molecule has 0 aromatic rings. The van der Waals surface area contributed by atoms with Gasteiger partial charge in [0.25, 0.3) is 0 Å². The van der Waals surface area contributed by atoms with Crippen LogP contribution >= 0.6 is 0 Å². The lowest BCUT2D eigenvalue weighted by Gasteiger charge is -2.31. The molecule has 2 atom stereocenters. The van der Waals surface area contributed by atoms with Crippen molar-refractivity contribution in [3.05, 3.63) is 0 Å². The molecule has 0 spiro atoms. The number of carbonyl (C=O) groups is 1. The lowest BCUT2D eigenvalue weighted by molar-refractivity contribution is -0.130. The number of ether oxygens (including phenoxy) is 1. The Hall–Kier alpha value is -0.410. The molecule has 0 amide bonds. The van der Waals surface area contributed by atoms with Crippen molar-refractivity contribution in [2.24, 2.45) is 11.7 Å². The fourth-order valence-corrected chi connectivity index (χ4v) is 2.52. The third kappa shape index (κ3) is 1.48. The average molecular weight is 197 g/mol. The van der Waals surface area contributed by atoms with E-state index in [9.17, 15) is 4.79 Å². The fourth-order valence-electron chi connectivity index (χ4n) is 2.52. The van der Waals surface area contributed by atoms with E-state index in [1.54, 1.807) is 0 Å². The predicted octanol–water partition coefficient (Wildman–Crippen LogP) is 1.25. The summed E-state index contributed by atoms with van der Waals surface area (Å²) in [4.78, 5) is 12.1. The Morgan fingerprint density at radius 3 is 2.43 bits per heavy atom. The van der Waals surface area contributed by atoms with Crippen molar-refractivity contribution in [1.82, 2.24) is 0 Å². The number of epoxide rings is 1. The molecule has 2 aliphatic rings. The van der Waals surface area contributed by atoms with Crippen molar-refractivity contribution >= 4 is 5.78 Å². The molecule has 3 heteroatoms. The molecule has 1 heterocycles. The van der Waals surface area contributed by atoms with Gasteiger partial charge >= 0.3 is 0 Å². The van der Waals surface area contributed by atoms with Crippen molar-refractivity contribution in [3.63, 3.8) is 0 Å². The van der Waals surface area contributed by atoms with Crippen LogP contribution in [-0.4, -0.2) is 23.5 Å². The minimum Gasteiger partial charge on any atom is -0.362 e. The molecule has 14 heavy (non-hydrogen) atoms. The Labute approximate surface area is 85.0 Å². The molecule has 3 nitrogen and oxygen atoms in total. The third-order valence-corrected chi connectivity index (χ3v) is 3.75. The van der Waals surface area contributed by atoms with Crippen LogP contribution in [0.5, 0.6) is 0 Å². The lowest BCUT2D eigenvalue weighted by Crippen LogP contribution is -2.55. The van der Waals surface area contributed by atoms with Gasteiger partial charge in [-0.3, -0.25) is 4.79 Å². The summed E-state index contributed by atoms with van der Waals surface area (Å²) in [6.45, 7) is 4.26. The van der Waals surface area contributed by atoms with Gasteiger partial charge in [-0.15, -0.1) is 0 Å². The molecule has 1 saturated carbocycles. The zero-order valence-electron chi connectivity index (χ0n) is 9.01. The standard InChI is InChI=1S/C11H19NO2/c1-10(7-14-10)9(13)11(2,12)8-5-3-4-6-8/h8H,3-7,12H2,1-2H3/t10-,11+/m1/s1. The smallest absolute Gasteiger partial charge is 0.186 e. The number of hydrogen-bond donors (Lipinski definition) is 1. The molecule has 2 rings (SSSR count). The normalized spacial score (nSPS) is 36.8. The molecule has 80 valence electrons. The van der Waals surface area contributed by atoms with Gasteiger partial charge < -0.3 is 10.5 Å². The van der Waals surface area contributed by atoms with Gasteiger partial charge in [-0.25, -0.2) is 0 Å². The number of ketones is 1. The highest BCUT2D eigenvalue weighted by atomic mass is 16.6. The predicted molar refractivity (Wildman–Crippen MR) is 53.9 cm³/mol. The van der Waals surface area contributed by atoms with E-state index in [0.29, 0.717) is 12.5 Å². The SMILES string of the molecule is C[C@]1(C(=O)[C@@](C)(N)C2CCCC2)CO1. The second-order valence-electron chi connectivity index (χ2n) is 5.11. The van der Waals surface area contributed by atoms with Crippen LogP contribution in [0, 0.1) is 5.92 Å². The zero-order chi connectivity index (χ0) is 10.4. The van der Waals surface area contributed by atoms with Gasteiger partial charge in [-0.1, -0.05) is 12.8 Å². The topological polar surface area (TPSA) is 55.6 Å². The summed E-state index contributed by atoms with van der Waals surface area (Å²) in [5.41, 5.74) is 4.92. The Kier molecular flexibility index (Phi) is 2.20. The molecule has 0 aromatic carbocycles.